The molecule has 1 aromatic carbocycles. The zero-order valence-corrected chi connectivity index (χ0v) is 12.4. The molecule has 5 heteroatoms. The molecule has 21 heavy (non-hydrogen) atoms. The van der Waals surface area contributed by atoms with Crippen molar-refractivity contribution in [2.75, 3.05) is 25.4 Å². The van der Waals surface area contributed by atoms with Crippen molar-refractivity contribution in [1.82, 2.24) is 4.90 Å². The molecule has 0 aromatic heterocycles. The summed E-state index contributed by atoms with van der Waals surface area (Å²) in [5, 5.41) is 0. The van der Waals surface area contributed by atoms with Crippen LogP contribution in [0.4, 0.5) is 5.69 Å². The third kappa shape index (κ3) is 4.21. The van der Waals surface area contributed by atoms with Gasteiger partial charge in [0, 0.05) is 30.8 Å². The molecule has 1 aliphatic rings. The Morgan fingerprint density at radius 1 is 1.24 bits per heavy atom. The van der Waals surface area contributed by atoms with E-state index in [1.165, 1.54) is 0 Å². The largest absolute Gasteiger partial charge is 0.466 e. The average molecular weight is 290 g/mol. The van der Waals surface area contributed by atoms with E-state index in [9.17, 15) is 9.59 Å². The summed E-state index contributed by atoms with van der Waals surface area (Å²) in [6.45, 7) is 3.61. The summed E-state index contributed by atoms with van der Waals surface area (Å²) in [7, 11) is 0. The SMILES string of the molecule is CCOC(=O)CC1CCN(C(=O)c2ccc(N)cc2)CC1. The third-order valence-corrected chi connectivity index (χ3v) is 3.82. The number of likely N-dealkylation sites (tertiary alicyclic amines) is 1. The molecule has 1 saturated heterocycles. The number of anilines is 1. The van der Waals surface area contributed by atoms with E-state index in [2.05, 4.69) is 0 Å². The van der Waals surface area contributed by atoms with Crippen LogP contribution in [0.15, 0.2) is 24.3 Å². The number of carbonyl (C=O) groups excluding carboxylic acids is 2. The second-order valence-electron chi connectivity index (χ2n) is 5.37. The van der Waals surface area contributed by atoms with Gasteiger partial charge in [-0.1, -0.05) is 0 Å². The number of piperidine rings is 1. The third-order valence-electron chi connectivity index (χ3n) is 3.82. The van der Waals surface area contributed by atoms with Crippen LogP contribution in [0.3, 0.4) is 0 Å². The molecule has 1 amide bonds. The topological polar surface area (TPSA) is 72.6 Å². The van der Waals surface area contributed by atoms with Gasteiger partial charge in [0.25, 0.3) is 5.91 Å². The van der Waals surface area contributed by atoms with Crippen molar-refractivity contribution in [3.05, 3.63) is 29.8 Å². The summed E-state index contributed by atoms with van der Waals surface area (Å²) in [6.07, 6.45) is 2.15. The highest BCUT2D eigenvalue weighted by molar-refractivity contribution is 5.94. The summed E-state index contributed by atoms with van der Waals surface area (Å²) in [6, 6.07) is 6.98. The van der Waals surface area contributed by atoms with Crippen LogP contribution in [0.25, 0.3) is 0 Å². The number of hydrogen-bond acceptors (Lipinski definition) is 4. The van der Waals surface area contributed by atoms with Gasteiger partial charge in [-0.25, -0.2) is 0 Å². The first-order chi connectivity index (χ1) is 10.1. The van der Waals surface area contributed by atoms with E-state index in [1.807, 2.05) is 11.8 Å². The molecule has 1 fully saturated rings. The average Bonchev–Trinajstić information content (AvgIpc) is 2.48. The van der Waals surface area contributed by atoms with Crippen LogP contribution < -0.4 is 5.73 Å². The molecule has 2 N–H and O–H groups in total. The summed E-state index contributed by atoms with van der Waals surface area (Å²) < 4.78 is 4.97. The van der Waals surface area contributed by atoms with Gasteiger partial charge in [-0.05, 0) is 49.9 Å². The number of amides is 1. The minimum Gasteiger partial charge on any atom is -0.466 e. The molecular weight excluding hydrogens is 268 g/mol. The standard InChI is InChI=1S/C16H22N2O3/c1-2-21-15(19)11-12-7-9-18(10-8-12)16(20)13-3-5-14(17)6-4-13/h3-6,12H,2,7-11,17H2,1H3. The van der Waals surface area contributed by atoms with E-state index in [0.29, 0.717) is 43.3 Å². The molecular formula is C16H22N2O3. The zero-order valence-electron chi connectivity index (χ0n) is 12.4. The highest BCUT2D eigenvalue weighted by Gasteiger charge is 2.25. The van der Waals surface area contributed by atoms with Gasteiger partial charge >= 0.3 is 5.97 Å². The maximum absolute atomic E-state index is 12.3. The molecule has 5 nitrogen and oxygen atoms in total. The van der Waals surface area contributed by atoms with Gasteiger partial charge in [0.2, 0.25) is 0 Å². The van der Waals surface area contributed by atoms with Crippen LogP contribution in [-0.2, 0) is 9.53 Å². The smallest absolute Gasteiger partial charge is 0.306 e. The lowest BCUT2D eigenvalue weighted by Crippen LogP contribution is -2.39. The number of nitrogens with zero attached hydrogens (tertiary/aromatic N) is 1. The second-order valence-corrected chi connectivity index (χ2v) is 5.37. The Balaban J connectivity index is 1.84. The number of nitrogens with two attached hydrogens (primary N) is 1. The normalized spacial score (nSPS) is 15.8. The minimum absolute atomic E-state index is 0.0320. The Labute approximate surface area is 125 Å². The van der Waals surface area contributed by atoms with Crippen LogP contribution in [0.5, 0.6) is 0 Å². The molecule has 0 aliphatic carbocycles. The van der Waals surface area contributed by atoms with Gasteiger partial charge in [-0.2, -0.15) is 0 Å². The van der Waals surface area contributed by atoms with Crippen molar-refractivity contribution in [3.63, 3.8) is 0 Å². The first-order valence-electron chi connectivity index (χ1n) is 7.40. The van der Waals surface area contributed by atoms with E-state index in [4.69, 9.17) is 10.5 Å². The van der Waals surface area contributed by atoms with Gasteiger partial charge in [-0.3, -0.25) is 9.59 Å². The van der Waals surface area contributed by atoms with Gasteiger partial charge in [0.15, 0.2) is 0 Å². The second kappa shape index (κ2) is 7.11. The van der Waals surface area contributed by atoms with Gasteiger partial charge in [0.05, 0.1) is 6.61 Å². The Morgan fingerprint density at radius 3 is 2.43 bits per heavy atom. The highest BCUT2D eigenvalue weighted by Crippen LogP contribution is 2.22. The predicted molar refractivity (Wildman–Crippen MR) is 80.7 cm³/mol. The fourth-order valence-corrected chi connectivity index (χ4v) is 2.60. The Kier molecular flexibility index (Phi) is 5.20. The Morgan fingerprint density at radius 2 is 1.86 bits per heavy atom. The van der Waals surface area contributed by atoms with E-state index >= 15 is 0 Å². The number of hydrogen-bond donors (Lipinski definition) is 1. The number of rotatable bonds is 4. The van der Waals surface area contributed by atoms with Crippen molar-refractivity contribution in [2.45, 2.75) is 26.2 Å². The monoisotopic (exact) mass is 290 g/mol. The van der Waals surface area contributed by atoms with E-state index in [-0.39, 0.29) is 11.9 Å². The molecule has 0 saturated carbocycles. The highest BCUT2D eigenvalue weighted by atomic mass is 16.5. The van der Waals surface area contributed by atoms with E-state index < -0.39 is 0 Å². The molecule has 0 bridgehead atoms. The maximum Gasteiger partial charge on any atom is 0.306 e. The first-order valence-corrected chi connectivity index (χ1v) is 7.40. The molecule has 0 unspecified atom stereocenters. The fourth-order valence-electron chi connectivity index (χ4n) is 2.60. The number of benzene rings is 1. The fraction of sp³-hybridized carbons (Fsp3) is 0.500. The molecule has 1 aromatic rings. The summed E-state index contributed by atoms with van der Waals surface area (Å²) in [5.41, 5.74) is 6.94. The molecule has 1 aliphatic heterocycles. The van der Waals surface area contributed by atoms with Gasteiger partial charge < -0.3 is 15.4 Å². The van der Waals surface area contributed by atoms with Crippen molar-refractivity contribution in [3.8, 4) is 0 Å². The molecule has 0 radical (unpaired) electrons. The van der Waals surface area contributed by atoms with Crippen LogP contribution in [-0.4, -0.2) is 36.5 Å². The van der Waals surface area contributed by atoms with Crippen LogP contribution in [0.1, 0.15) is 36.5 Å². The van der Waals surface area contributed by atoms with Crippen molar-refractivity contribution < 1.29 is 14.3 Å². The lowest BCUT2D eigenvalue weighted by molar-refractivity contribution is -0.144. The lowest BCUT2D eigenvalue weighted by Gasteiger charge is -2.31. The van der Waals surface area contributed by atoms with Crippen LogP contribution >= 0.6 is 0 Å². The molecule has 0 atom stereocenters. The zero-order chi connectivity index (χ0) is 15.2. The van der Waals surface area contributed by atoms with Gasteiger partial charge in [-0.15, -0.1) is 0 Å². The van der Waals surface area contributed by atoms with Crippen LogP contribution in [0, 0.1) is 5.92 Å². The predicted octanol–water partition coefficient (Wildman–Crippen LogP) is 2.07. The summed E-state index contributed by atoms with van der Waals surface area (Å²) >= 11 is 0. The first kappa shape index (κ1) is 15.4. The van der Waals surface area contributed by atoms with E-state index in [1.54, 1.807) is 24.3 Å². The lowest BCUT2D eigenvalue weighted by atomic mass is 9.93. The molecule has 114 valence electrons. The van der Waals surface area contributed by atoms with Gasteiger partial charge in [0.1, 0.15) is 0 Å². The Hall–Kier alpha value is -2.04. The van der Waals surface area contributed by atoms with Crippen molar-refractivity contribution in [1.29, 1.82) is 0 Å². The quantitative estimate of drug-likeness (QED) is 0.680. The van der Waals surface area contributed by atoms with E-state index in [0.717, 1.165) is 12.8 Å². The molecule has 0 spiro atoms. The van der Waals surface area contributed by atoms with Crippen molar-refractivity contribution in [2.24, 2.45) is 5.92 Å². The van der Waals surface area contributed by atoms with Crippen molar-refractivity contribution >= 4 is 17.6 Å². The maximum atomic E-state index is 12.3. The molecule has 2 rings (SSSR count). The Bertz CT molecular complexity index is 491. The molecule has 1 heterocycles. The summed E-state index contributed by atoms with van der Waals surface area (Å²) in [4.78, 5) is 25.6. The number of nitrogen functional groups attached to an aromatic ring is 1. The number of esters is 1. The minimum atomic E-state index is -0.138. The summed E-state index contributed by atoms with van der Waals surface area (Å²) in [5.74, 6) is 0.213. The number of ether oxygens (including phenoxy) is 1. The van der Waals surface area contributed by atoms with Crippen LogP contribution in [0.2, 0.25) is 0 Å². The number of carbonyl (C=O) groups is 2.